The van der Waals surface area contributed by atoms with E-state index in [-0.39, 0.29) is 16.7 Å². The van der Waals surface area contributed by atoms with Crippen LogP contribution in [0, 0.1) is 5.92 Å². The summed E-state index contributed by atoms with van der Waals surface area (Å²) >= 11 is 0. The number of hydrogen-bond donors (Lipinski definition) is 2. The molecule has 1 heterocycles. The van der Waals surface area contributed by atoms with E-state index in [1.165, 1.54) is 19.2 Å². The molecule has 1 aliphatic heterocycles. The molecule has 0 spiro atoms. The molecular weight excluding hydrogens is 442 g/mol. The van der Waals surface area contributed by atoms with Gasteiger partial charge in [-0.05, 0) is 61.6 Å². The van der Waals surface area contributed by atoms with Crippen molar-refractivity contribution in [2.75, 3.05) is 24.9 Å². The van der Waals surface area contributed by atoms with E-state index in [4.69, 9.17) is 4.74 Å². The van der Waals surface area contributed by atoms with Gasteiger partial charge in [0.2, 0.25) is 5.91 Å². The van der Waals surface area contributed by atoms with Crippen LogP contribution in [0.3, 0.4) is 0 Å². The molecule has 33 heavy (non-hydrogen) atoms. The maximum atomic E-state index is 13.0. The summed E-state index contributed by atoms with van der Waals surface area (Å²) in [4.78, 5) is 27.3. The second-order valence-corrected chi connectivity index (χ2v) is 10.2. The van der Waals surface area contributed by atoms with Gasteiger partial charge in [0.25, 0.3) is 15.9 Å². The van der Waals surface area contributed by atoms with E-state index in [1.807, 2.05) is 0 Å². The minimum atomic E-state index is -3.81. The van der Waals surface area contributed by atoms with Crippen LogP contribution < -0.4 is 14.8 Å². The first-order valence-corrected chi connectivity index (χ1v) is 12.5. The number of amides is 2. The fourth-order valence-electron chi connectivity index (χ4n) is 3.71. The minimum Gasteiger partial charge on any atom is -0.497 e. The minimum absolute atomic E-state index is 0.0744. The monoisotopic (exact) mass is 473 g/mol. The van der Waals surface area contributed by atoms with Gasteiger partial charge in [0.15, 0.2) is 0 Å². The van der Waals surface area contributed by atoms with Gasteiger partial charge in [0.1, 0.15) is 11.8 Å². The summed E-state index contributed by atoms with van der Waals surface area (Å²) < 4.78 is 32.9. The molecule has 3 rings (SSSR count). The van der Waals surface area contributed by atoms with Crippen molar-refractivity contribution in [2.24, 2.45) is 5.92 Å². The van der Waals surface area contributed by atoms with Gasteiger partial charge < -0.3 is 15.0 Å². The first-order valence-electron chi connectivity index (χ1n) is 11.1. The van der Waals surface area contributed by atoms with E-state index >= 15 is 0 Å². The zero-order chi connectivity index (χ0) is 24.0. The SMILES string of the molecule is COc1cccc(S(=O)(=O)Nc2ccc(C(=O)N3CCCC3C(=O)NCCC(C)C)cc2)c1. The van der Waals surface area contributed by atoms with Gasteiger partial charge in [-0.15, -0.1) is 0 Å². The first-order chi connectivity index (χ1) is 15.7. The van der Waals surface area contributed by atoms with Gasteiger partial charge in [-0.25, -0.2) is 8.42 Å². The number of benzene rings is 2. The standard InChI is InChI=1S/C24H31N3O5S/c1-17(2)13-14-25-23(28)22-8-5-15-27(22)24(29)18-9-11-19(12-10-18)26-33(30,31)21-7-4-6-20(16-21)32-3/h4,6-7,9-12,16-17,22,26H,5,8,13-15H2,1-3H3,(H,25,28). The normalized spacial score (nSPS) is 16.0. The maximum Gasteiger partial charge on any atom is 0.262 e. The number of nitrogens with zero attached hydrogens (tertiary/aromatic N) is 1. The predicted octanol–water partition coefficient (Wildman–Crippen LogP) is 3.26. The molecule has 2 aromatic carbocycles. The van der Waals surface area contributed by atoms with E-state index in [2.05, 4.69) is 23.9 Å². The first kappa shape index (κ1) is 24.6. The number of likely N-dealkylation sites (tertiary alicyclic amines) is 1. The van der Waals surface area contributed by atoms with Crippen LogP contribution in [0.25, 0.3) is 0 Å². The fraction of sp³-hybridized carbons (Fsp3) is 0.417. The molecule has 0 aliphatic carbocycles. The lowest BCUT2D eigenvalue weighted by molar-refractivity contribution is -0.124. The lowest BCUT2D eigenvalue weighted by Gasteiger charge is -2.24. The number of hydrogen-bond acceptors (Lipinski definition) is 5. The third-order valence-electron chi connectivity index (χ3n) is 5.57. The van der Waals surface area contributed by atoms with E-state index in [1.54, 1.807) is 41.3 Å². The number of carbonyl (C=O) groups is 2. The molecule has 1 saturated heterocycles. The Kier molecular flexibility index (Phi) is 7.97. The van der Waals surface area contributed by atoms with E-state index in [0.29, 0.717) is 42.4 Å². The largest absolute Gasteiger partial charge is 0.497 e. The van der Waals surface area contributed by atoms with Crippen molar-refractivity contribution in [1.82, 2.24) is 10.2 Å². The highest BCUT2D eigenvalue weighted by Crippen LogP contribution is 2.23. The summed E-state index contributed by atoms with van der Waals surface area (Å²) in [5.74, 6) is 0.571. The van der Waals surface area contributed by atoms with Gasteiger partial charge in [0, 0.05) is 30.4 Å². The summed E-state index contributed by atoms with van der Waals surface area (Å²) in [5, 5.41) is 2.93. The zero-order valence-electron chi connectivity index (χ0n) is 19.2. The van der Waals surface area contributed by atoms with Crippen LogP contribution in [-0.4, -0.2) is 51.4 Å². The number of ether oxygens (including phenoxy) is 1. The van der Waals surface area contributed by atoms with Crippen molar-refractivity contribution in [3.63, 3.8) is 0 Å². The molecule has 2 N–H and O–H groups in total. The Balaban J connectivity index is 1.66. The molecule has 1 atom stereocenters. The Hall–Kier alpha value is -3.07. The Morgan fingerprint density at radius 1 is 1.15 bits per heavy atom. The molecule has 2 amide bonds. The summed E-state index contributed by atoms with van der Waals surface area (Å²) in [5.41, 5.74) is 0.736. The highest BCUT2D eigenvalue weighted by molar-refractivity contribution is 7.92. The molecule has 2 aromatic rings. The third kappa shape index (κ3) is 6.25. The molecule has 0 bridgehead atoms. The van der Waals surface area contributed by atoms with Crippen LogP contribution in [-0.2, 0) is 14.8 Å². The van der Waals surface area contributed by atoms with Crippen LogP contribution in [0.5, 0.6) is 5.75 Å². The van der Waals surface area contributed by atoms with Crippen molar-refractivity contribution >= 4 is 27.5 Å². The molecule has 1 fully saturated rings. The summed E-state index contributed by atoms with van der Waals surface area (Å²) in [6.07, 6.45) is 2.30. The van der Waals surface area contributed by atoms with Crippen LogP contribution in [0.15, 0.2) is 53.4 Å². The van der Waals surface area contributed by atoms with Crippen LogP contribution in [0.4, 0.5) is 5.69 Å². The number of sulfonamides is 1. The van der Waals surface area contributed by atoms with Crippen molar-refractivity contribution in [2.45, 2.75) is 44.0 Å². The Bertz CT molecular complexity index is 1080. The second-order valence-electron chi connectivity index (χ2n) is 8.49. The predicted molar refractivity (Wildman–Crippen MR) is 127 cm³/mol. The molecular formula is C24H31N3O5S. The van der Waals surface area contributed by atoms with Crippen LogP contribution >= 0.6 is 0 Å². The number of nitrogens with one attached hydrogen (secondary N) is 2. The van der Waals surface area contributed by atoms with Crippen molar-refractivity contribution in [3.05, 3.63) is 54.1 Å². The van der Waals surface area contributed by atoms with Gasteiger partial charge in [-0.3, -0.25) is 14.3 Å². The molecule has 8 nitrogen and oxygen atoms in total. The van der Waals surface area contributed by atoms with Crippen LogP contribution in [0.1, 0.15) is 43.5 Å². The quantitative estimate of drug-likeness (QED) is 0.582. The van der Waals surface area contributed by atoms with Gasteiger partial charge in [0.05, 0.1) is 12.0 Å². The lowest BCUT2D eigenvalue weighted by Crippen LogP contribution is -2.46. The zero-order valence-corrected chi connectivity index (χ0v) is 20.0. The van der Waals surface area contributed by atoms with Crippen molar-refractivity contribution < 1.29 is 22.7 Å². The van der Waals surface area contributed by atoms with E-state index in [9.17, 15) is 18.0 Å². The molecule has 9 heteroatoms. The van der Waals surface area contributed by atoms with Crippen molar-refractivity contribution in [3.8, 4) is 5.75 Å². The topological polar surface area (TPSA) is 105 Å². The summed E-state index contributed by atoms with van der Waals surface area (Å²) in [6, 6.07) is 11.9. The number of carbonyl (C=O) groups excluding carboxylic acids is 2. The number of methoxy groups -OCH3 is 1. The Labute approximate surface area is 195 Å². The molecule has 1 aliphatic rings. The summed E-state index contributed by atoms with van der Waals surface area (Å²) in [6.45, 7) is 5.30. The Morgan fingerprint density at radius 2 is 1.88 bits per heavy atom. The second kappa shape index (κ2) is 10.7. The molecule has 0 aromatic heterocycles. The fourth-order valence-corrected chi connectivity index (χ4v) is 4.81. The number of anilines is 1. The number of rotatable bonds is 9. The maximum absolute atomic E-state index is 13.0. The highest BCUT2D eigenvalue weighted by Gasteiger charge is 2.34. The van der Waals surface area contributed by atoms with E-state index in [0.717, 1.165) is 12.8 Å². The lowest BCUT2D eigenvalue weighted by atomic mass is 10.1. The third-order valence-corrected chi connectivity index (χ3v) is 6.95. The van der Waals surface area contributed by atoms with Gasteiger partial charge in [-0.2, -0.15) is 0 Å². The Morgan fingerprint density at radius 3 is 2.55 bits per heavy atom. The van der Waals surface area contributed by atoms with Gasteiger partial charge in [-0.1, -0.05) is 19.9 Å². The van der Waals surface area contributed by atoms with Crippen molar-refractivity contribution in [1.29, 1.82) is 0 Å². The molecule has 0 saturated carbocycles. The molecule has 1 unspecified atom stereocenters. The molecule has 0 radical (unpaired) electrons. The molecule has 178 valence electrons. The van der Waals surface area contributed by atoms with Gasteiger partial charge >= 0.3 is 0 Å². The van der Waals surface area contributed by atoms with Crippen LogP contribution in [0.2, 0.25) is 0 Å². The average Bonchev–Trinajstić information content (AvgIpc) is 3.29. The smallest absolute Gasteiger partial charge is 0.262 e. The highest BCUT2D eigenvalue weighted by atomic mass is 32.2. The summed E-state index contributed by atoms with van der Waals surface area (Å²) in [7, 11) is -2.34. The average molecular weight is 474 g/mol. The van der Waals surface area contributed by atoms with E-state index < -0.39 is 16.1 Å².